The second-order valence-corrected chi connectivity index (χ2v) is 6.30. The van der Waals surface area contributed by atoms with E-state index >= 15 is 0 Å². The molecule has 0 unspecified atom stereocenters. The normalized spacial score (nSPS) is 14.9. The molecule has 3 aromatic carbocycles. The fourth-order valence-electron chi connectivity index (χ4n) is 3.77. The Morgan fingerprint density at radius 3 is 2.35 bits per heavy atom. The Bertz CT molecular complexity index is 1030. The molecule has 1 saturated heterocycles. The van der Waals surface area contributed by atoms with E-state index in [1.165, 1.54) is 5.56 Å². The quantitative estimate of drug-likeness (QED) is 0.534. The van der Waals surface area contributed by atoms with E-state index in [4.69, 9.17) is 5.73 Å². The Labute approximate surface area is 135 Å². The molecule has 1 aliphatic heterocycles. The lowest BCUT2D eigenvalue weighted by atomic mass is 9.94. The number of aryl methyl sites for hydroxylation is 1. The highest BCUT2D eigenvalue weighted by atomic mass is 15.3. The van der Waals surface area contributed by atoms with Crippen molar-refractivity contribution in [2.45, 2.75) is 6.92 Å². The van der Waals surface area contributed by atoms with Gasteiger partial charge in [0.15, 0.2) is 0 Å². The third-order valence-corrected chi connectivity index (χ3v) is 4.93. The monoisotopic (exact) mass is 303 g/mol. The Morgan fingerprint density at radius 2 is 1.74 bits per heavy atom. The van der Waals surface area contributed by atoms with Crippen LogP contribution in [0.2, 0.25) is 0 Å². The van der Waals surface area contributed by atoms with Gasteiger partial charge in [0.2, 0.25) is 0 Å². The molecule has 3 N–H and O–H groups in total. The van der Waals surface area contributed by atoms with Gasteiger partial charge in [0.1, 0.15) is 0 Å². The first-order valence-corrected chi connectivity index (χ1v) is 7.96. The molecule has 0 radical (unpaired) electrons. The second kappa shape index (κ2) is 5.00. The van der Waals surface area contributed by atoms with Gasteiger partial charge >= 0.3 is 0 Å². The average molecular weight is 303 g/mol. The smallest absolute Gasteiger partial charge is 0.0683 e. The van der Waals surface area contributed by atoms with Gasteiger partial charge in [-0.1, -0.05) is 37.4 Å². The number of hydrogen-bond donors (Lipinski definition) is 2. The average Bonchev–Trinajstić information content (AvgIpc) is 3.08. The van der Waals surface area contributed by atoms with Gasteiger partial charge in [-0.2, -0.15) is 0 Å². The largest absolute Gasteiger partial charge is 0.397 e. The zero-order valence-corrected chi connectivity index (χ0v) is 13.4. The zero-order valence-electron chi connectivity index (χ0n) is 13.4. The van der Waals surface area contributed by atoms with E-state index < -0.39 is 0 Å². The molecule has 3 nitrogen and oxygen atoms in total. The van der Waals surface area contributed by atoms with E-state index in [2.05, 4.69) is 48.5 Å². The Kier molecular flexibility index (Phi) is 3.06. The number of anilines is 2. The van der Waals surface area contributed by atoms with Gasteiger partial charge in [-0.3, -0.25) is 5.32 Å². The summed E-state index contributed by atoms with van der Waals surface area (Å²) in [5.74, 6) is 0. The molecule has 1 aliphatic rings. The molecule has 0 spiro atoms. The van der Waals surface area contributed by atoms with Crippen LogP contribution in [0.3, 0.4) is 0 Å². The van der Waals surface area contributed by atoms with Gasteiger partial charge in [-0.25, -0.2) is 0 Å². The molecule has 1 fully saturated rings. The van der Waals surface area contributed by atoms with E-state index in [-0.39, 0.29) is 0 Å². The molecule has 0 atom stereocenters. The van der Waals surface area contributed by atoms with Crippen LogP contribution in [0.4, 0.5) is 11.4 Å². The summed E-state index contributed by atoms with van der Waals surface area (Å²) in [6.45, 7) is 13.6. The molecule has 0 amide bonds. The fourth-order valence-corrected chi connectivity index (χ4v) is 3.77. The van der Waals surface area contributed by atoms with Crippen LogP contribution in [0.25, 0.3) is 34.7 Å². The minimum absolute atomic E-state index is 0.815. The van der Waals surface area contributed by atoms with Crippen LogP contribution in [0.1, 0.15) is 5.56 Å². The van der Waals surface area contributed by atoms with Gasteiger partial charge in [-0.15, -0.1) is 0 Å². The maximum atomic E-state index is 6.59. The van der Waals surface area contributed by atoms with Crippen LogP contribution >= 0.6 is 0 Å². The van der Waals surface area contributed by atoms with Crippen molar-refractivity contribution in [1.82, 2.24) is 5.32 Å². The lowest BCUT2D eigenvalue weighted by Gasteiger charge is -2.22. The van der Waals surface area contributed by atoms with Crippen molar-refractivity contribution in [1.29, 1.82) is 0 Å². The van der Waals surface area contributed by atoms with Gasteiger partial charge in [-0.05, 0) is 45.1 Å². The lowest BCUT2D eigenvalue weighted by Crippen LogP contribution is -2.24. The van der Waals surface area contributed by atoms with E-state index in [0.717, 1.165) is 63.1 Å². The van der Waals surface area contributed by atoms with Crippen molar-refractivity contribution in [3.05, 3.63) is 46.3 Å². The Morgan fingerprint density at radius 1 is 1.09 bits per heavy atom. The summed E-state index contributed by atoms with van der Waals surface area (Å²) in [7, 11) is 0. The highest BCUT2D eigenvalue weighted by molar-refractivity contribution is 6.08. The predicted octanol–water partition coefficient (Wildman–Crippen LogP) is 2.07. The van der Waals surface area contributed by atoms with Crippen molar-refractivity contribution in [2.24, 2.45) is 0 Å². The number of nitrogen functional groups attached to an aromatic ring is 1. The van der Waals surface area contributed by atoms with Crippen molar-refractivity contribution < 1.29 is 0 Å². The highest BCUT2D eigenvalue weighted by Crippen LogP contribution is 2.32. The summed E-state index contributed by atoms with van der Waals surface area (Å²) >= 11 is 0. The van der Waals surface area contributed by atoms with Crippen LogP contribution in [0.5, 0.6) is 0 Å². The number of nitrogens with zero attached hydrogens (tertiary/aromatic N) is 1. The Balaban J connectivity index is 2.20. The molecule has 23 heavy (non-hydrogen) atoms. The first kappa shape index (κ1) is 14.1. The van der Waals surface area contributed by atoms with E-state index in [1.807, 2.05) is 12.1 Å². The molecule has 116 valence electrons. The lowest BCUT2D eigenvalue weighted by molar-refractivity contribution is 0.855. The van der Waals surface area contributed by atoms with E-state index in [1.54, 1.807) is 0 Å². The third-order valence-electron chi connectivity index (χ3n) is 4.93. The minimum Gasteiger partial charge on any atom is -0.397 e. The maximum Gasteiger partial charge on any atom is 0.0683 e. The summed E-state index contributed by atoms with van der Waals surface area (Å²) in [5.41, 5.74) is 9.71. The fraction of sp³-hybridized carbons (Fsp3) is 0.200. The number of benzene rings is 3. The number of fused-ring (bicyclic) bond motifs is 2. The summed E-state index contributed by atoms with van der Waals surface area (Å²) in [4.78, 5) is 2.29. The number of hydrogen-bond acceptors (Lipinski definition) is 3. The second-order valence-electron chi connectivity index (χ2n) is 6.30. The summed E-state index contributed by atoms with van der Waals surface area (Å²) in [5, 5.41) is 9.88. The van der Waals surface area contributed by atoms with Crippen molar-refractivity contribution in [3.63, 3.8) is 0 Å². The predicted molar refractivity (Wildman–Crippen MR) is 101 cm³/mol. The molecule has 0 aliphatic carbocycles. The van der Waals surface area contributed by atoms with Crippen molar-refractivity contribution in [3.8, 4) is 0 Å². The van der Waals surface area contributed by atoms with Crippen molar-refractivity contribution in [2.75, 3.05) is 30.4 Å². The molecule has 1 heterocycles. The summed E-state index contributed by atoms with van der Waals surface area (Å²) in [6.07, 6.45) is 0. The van der Waals surface area contributed by atoms with Gasteiger partial charge < -0.3 is 10.6 Å². The third kappa shape index (κ3) is 1.93. The van der Waals surface area contributed by atoms with E-state index in [9.17, 15) is 0 Å². The minimum atomic E-state index is 0.815. The molecule has 3 heteroatoms. The SMILES string of the molecule is C=c1c2ccccc2c(=C)c2c(N)c(N3CCNC3)cc(C)c12. The molecule has 0 aromatic heterocycles. The molecule has 0 bridgehead atoms. The van der Waals surface area contributed by atoms with Gasteiger partial charge in [0.25, 0.3) is 0 Å². The van der Waals surface area contributed by atoms with Gasteiger partial charge in [0, 0.05) is 18.5 Å². The Hall–Kier alpha value is -2.52. The van der Waals surface area contributed by atoms with Crippen LogP contribution in [0, 0.1) is 6.92 Å². The highest BCUT2D eigenvalue weighted by Gasteiger charge is 2.18. The summed E-state index contributed by atoms with van der Waals surface area (Å²) < 4.78 is 0. The standard InChI is InChI=1S/C20H21N3/c1-12-10-17(23-9-8-22-11-23)20(21)19-14(3)16-7-5-4-6-15(16)13(2)18(12)19/h4-7,10,22H,2-3,8-9,11,21H2,1H3. The first-order valence-electron chi connectivity index (χ1n) is 7.96. The zero-order chi connectivity index (χ0) is 16.1. The molecule has 4 rings (SSSR count). The van der Waals surface area contributed by atoms with Crippen molar-refractivity contribution >= 4 is 46.1 Å². The molecule has 3 aromatic rings. The molecular weight excluding hydrogens is 282 g/mol. The van der Waals surface area contributed by atoms with Crippen LogP contribution < -0.4 is 26.4 Å². The van der Waals surface area contributed by atoms with Crippen LogP contribution in [-0.2, 0) is 0 Å². The summed E-state index contributed by atoms with van der Waals surface area (Å²) in [6, 6.07) is 10.5. The van der Waals surface area contributed by atoms with Crippen LogP contribution in [0.15, 0.2) is 30.3 Å². The number of nitrogens with two attached hydrogens (primary N) is 1. The number of rotatable bonds is 1. The maximum absolute atomic E-state index is 6.59. The number of nitrogens with one attached hydrogen (secondary N) is 1. The van der Waals surface area contributed by atoms with Crippen LogP contribution in [-0.4, -0.2) is 19.8 Å². The van der Waals surface area contributed by atoms with Gasteiger partial charge in [0.05, 0.1) is 18.0 Å². The first-order chi connectivity index (χ1) is 11.1. The van der Waals surface area contributed by atoms with E-state index in [0.29, 0.717) is 0 Å². The molecule has 0 saturated carbocycles. The topological polar surface area (TPSA) is 41.3 Å². The molecular formula is C20H21N3.